The van der Waals surface area contributed by atoms with E-state index in [-0.39, 0.29) is 22.2 Å². The molecule has 0 aromatic carbocycles. The highest BCUT2D eigenvalue weighted by Crippen LogP contribution is 2.16. The maximum atomic E-state index is 12.2. The average Bonchev–Trinajstić information content (AvgIpc) is 2.81. The van der Waals surface area contributed by atoms with Gasteiger partial charge in [-0.1, -0.05) is 17.7 Å². The molecule has 0 aliphatic rings. The van der Waals surface area contributed by atoms with Crippen molar-refractivity contribution < 1.29 is 4.79 Å². The molecule has 1 N–H and O–H groups in total. The Hall–Kier alpha value is -2.18. The van der Waals surface area contributed by atoms with E-state index in [2.05, 4.69) is 20.4 Å². The van der Waals surface area contributed by atoms with Crippen LogP contribution in [0.5, 0.6) is 0 Å². The topological polar surface area (TPSA) is 72.2 Å². The Bertz CT molecular complexity index is 781. The molecule has 0 aliphatic heterocycles. The van der Waals surface area contributed by atoms with E-state index in [0.29, 0.717) is 11.1 Å². The van der Waals surface area contributed by atoms with Crippen LogP contribution in [0.1, 0.15) is 10.4 Å². The van der Waals surface area contributed by atoms with E-state index >= 15 is 0 Å². The molecule has 0 fully saturated rings. The molecule has 100 valence electrons. The van der Waals surface area contributed by atoms with Gasteiger partial charge in [-0.05, 0) is 23.7 Å². The molecular formula is C12H7Cl2N5O. The highest BCUT2D eigenvalue weighted by atomic mass is 35.5. The molecule has 0 spiro atoms. The van der Waals surface area contributed by atoms with Gasteiger partial charge in [0.15, 0.2) is 0 Å². The first kappa shape index (κ1) is 12.8. The zero-order valence-corrected chi connectivity index (χ0v) is 11.4. The molecule has 0 aliphatic carbocycles. The Balaban J connectivity index is 1.93. The quantitative estimate of drug-likeness (QED) is 0.583. The monoisotopic (exact) mass is 307 g/mol. The molecule has 0 bridgehead atoms. The lowest BCUT2D eigenvalue weighted by Gasteiger charge is -2.03. The molecule has 20 heavy (non-hydrogen) atoms. The first-order chi connectivity index (χ1) is 9.63. The summed E-state index contributed by atoms with van der Waals surface area (Å²) in [6, 6.07) is 6.86. The second kappa shape index (κ2) is 5.07. The van der Waals surface area contributed by atoms with Crippen molar-refractivity contribution in [1.29, 1.82) is 0 Å². The van der Waals surface area contributed by atoms with Gasteiger partial charge in [0.25, 0.3) is 5.91 Å². The number of amides is 1. The standard InChI is InChI=1S/C12H7Cl2N5O/c13-9-5-10(18-12(14)16-9)17-11(20)7-6-15-19-4-2-1-3-8(7)19/h1-6H,(H,16,17,18,20). The molecule has 0 unspecified atom stereocenters. The number of nitrogens with one attached hydrogen (secondary N) is 1. The van der Waals surface area contributed by atoms with Gasteiger partial charge in [0.2, 0.25) is 5.28 Å². The number of carbonyl (C=O) groups is 1. The summed E-state index contributed by atoms with van der Waals surface area (Å²) < 4.78 is 1.61. The highest BCUT2D eigenvalue weighted by molar-refractivity contribution is 6.32. The third-order valence-corrected chi connectivity index (χ3v) is 2.94. The smallest absolute Gasteiger partial charge is 0.260 e. The van der Waals surface area contributed by atoms with E-state index in [1.807, 2.05) is 12.1 Å². The van der Waals surface area contributed by atoms with E-state index in [1.165, 1.54) is 12.3 Å². The molecule has 0 saturated carbocycles. The normalized spacial score (nSPS) is 10.7. The highest BCUT2D eigenvalue weighted by Gasteiger charge is 2.13. The van der Waals surface area contributed by atoms with Crippen molar-refractivity contribution in [2.24, 2.45) is 0 Å². The lowest BCUT2D eigenvalue weighted by Crippen LogP contribution is -2.13. The molecule has 0 saturated heterocycles. The Morgan fingerprint density at radius 3 is 2.90 bits per heavy atom. The SMILES string of the molecule is O=C(Nc1cc(Cl)nc(Cl)n1)c1cnn2ccccc12. The average molecular weight is 308 g/mol. The molecule has 0 atom stereocenters. The summed E-state index contributed by atoms with van der Waals surface area (Å²) in [5, 5.41) is 6.81. The van der Waals surface area contributed by atoms with Gasteiger partial charge in [-0.15, -0.1) is 0 Å². The van der Waals surface area contributed by atoms with Gasteiger partial charge in [-0.25, -0.2) is 14.5 Å². The van der Waals surface area contributed by atoms with Crippen molar-refractivity contribution in [3.05, 3.63) is 52.7 Å². The minimum Gasteiger partial charge on any atom is -0.306 e. The third-order valence-electron chi connectivity index (χ3n) is 2.58. The predicted octanol–water partition coefficient (Wildman–Crippen LogP) is 2.68. The lowest BCUT2D eigenvalue weighted by molar-refractivity contribution is 0.102. The molecule has 3 aromatic rings. The third kappa shape index (κ3) is 2.43. The van der Waals surface area contributed by atoms with Gasteiger partial charge >= 0.3 is 0 Å². The minimum atomic E-state index is -0.350. The second-order valence-electron chi connectivity index (χ2n) is 3.89. The summed E-state index contributed by atoms with van der Waals surface area (Å²) in [4.78, 5) is 19.8. The van der Waals surface area contributed by atoms with Crippen LogP contribution in [-0.4, -0.2) is 25.5 Å². The Morgan fingerprint density at radius 2 is 2.10 bits per heavy atom. The Morgan fingerprint density at radius 1 is 1.25 bits per heavy atom. The minimum absolute atomic E-state index is 0.0346. The summed E-state index contributed by atoms with van der Waals surface area (Å²) in [5.74, 6) is -0.118. The first-order valence-corrected chi connectivity index (χ1v) is 6.33. The van der Waals surface area contributed by atoms with Gasteiger partial charge in [0, 0.05) is 12.3 Å². The van der Waals surface area contributed by atoms with Crippen molar-refractivity contribution in [2.45, 2.75) is 0 Å². The summed E-state index contributed by atoms with van der Waals surface area (Å²) in [6.07, 6.45) is 3.24. The number of aromatic nitrogens is 4. The van der Waals surface area contributed by atoms with Gasteiger partial charge in [-0.3, -0.25) is 4.79 Å². The number of carbonyl (C=O) groups excluding carboxylic acids is 1. The van der Waals surface area contributed by atoms with Crippen molar-refractivity contribution in [3.63, 3.8) is 0 Å². The van der Waals surface area contributed by atoms with Crippen molar-refractivity contribution in [1.82, 2.24) is 19.6 Å². The van der Waals surface area contributed by atoms with E-state index in [9.17, 15) is 4.79 Å². The molecule has 1 amide bonds. The molecule has 0 radical (unpaired) electrons. The first-order valence-electron chi connectivity index (χ1n) is 5.57. The number of anilines is 1. The number of hydrogen-bond donors (Lipinski definition) is 1. The van der Waals surface area contributed by atoms with Gasteiger partial charge in [0.1, 0.15) is 11.0 Å². The number of halogens is 2. The van der Waals surface area contributed by atoms with Crippen LogP contribution in [0.4, 0.5) is 5.82 Å². The number of pyridine rings is 1. The van der Waals surface area contributed by atoms with Crippen molar-refractivity contribution in [2.75, 3.05) is 5.32 Å². The fraction of sp³-hybridized carbons (Fsp3) is 0. The largest absolute Gasteiger partial charge is 0.306 e. The van der Waals surface area contributed by atoms with Crippen molar-refractivity contribution in [3.8, 4) is 0 Å². The van der Waals surface area contributed by atoms with Gasteiger partial charge in [0.05, 0.1) is 17.3 Å². The molecule has 8 heteroatoms. The molecular weight excluding hydrogens is 301 g/mol. The Kier molecular flexibility index (Phi) is 3.25. The predicted molar refractivity (Wildman–Crippen MR) is 75.2 cm³/mol. The van der Waals surface area contributed by atoms with Crippen LogP contribution >= 0.6 is 23.2 Å². The summed E-state index contributed by atoms with van der Waals surface area (Å²) >= 11 is 11.4. The van der Waals surface area contributed by atoms with Crippen LogP contribution < -0.4 is 5.32 Å². The van der Waals surface area contributed by atoms with Crippen LogP contribution in [-0.2, 0) is 0 Å². The zero-order valence-electron chi connectivity index (χ0n) is 9.92. The van der Waals surface area contributed by atoms with Crippen LogP contribution in [0.2, 0.25) is 10.4 Å². The van der Waals surface area contributed by atoms with Crippen LogP contribution in [0, 0.1) is 0 Å². The molecule has 6 nitrogen and oxygen atoms in total. The number of hydrogen-bond acceptors (Lipinski definition) is 4. The molecule has 3 heterocycles. The number of nitrogens with zero attached hydrogens (tertiary/aromatic N) is 4. The molecule has 3 aromatic heterocycles. The maximum Gasteiger partial charge on any atom is 0.260 e. The van der Waals surface area contributed by atoms with E-state index in [4.69, 9.17) is 23.2 Å². The van der Waals surface area contributed by atoms with E-state index < -0.39 is 0 Å². The fourth-order valence-electron chi connectivity index (χ4n) is 1.75. The van der Waals surface area contributed by atoms with Crippen LogP contribution in [0.3, 0.4) is 0 Å². The zero-order chi connectivity index (χ0) is 14.1. The van der Waals surface area contributed by atoms with Crippen molar-refractivity contribution >= 4 is 40.4 Å². The Labute approximate surface area is 123 Å². The van der Waals surface area contributed by atoms with Crippen LogP contribution in [0.15, 0.2) is 36.7 Å². The second-order valence-corrected chi connectivity index (χ2v) is 4.61. The summed E-state index contributed by atoms with van der Waals surface area (Å²) in [6.45, 7) is 0. The fourth-order valence-corrected chi connectivity index (χ4v) is 2.16. The maximum absolute atomic E-state index is 12.2. The lowest BCUT2D eigenvalue weighted by atomic mass is 10.2. The number of fused-ring (bicyclic) bond motifs is 1. The van der Waals surface area contributed by atoms with Gasteiger partial charge in [-0.2, -0.15) is 5.10 Å². The molecule has 3 rings (SSSR count). The summed E-state index contributed by atoms with van der Waals surface area (Å²) in [5.41, 5.74) is 1.12. The summed E-state index contributed by atoms with van der Waals surface area (Å²) in [7, 11) is 0. The van der Waals surface area contributed by atoms with E-state index in [0.717, 1.165) is 0 Å². The van der Waals surface area contributed by atoms with Crippen LogP contribution in [0.25, 0.3) is 5.52 Å². The number of rotatable bonds is 2. The van der Waals surface area contributed by atoms with E-state index in [1.54, 1.807) is 16.8 Å². The van der Waals surface area contributed by atoms with Gasteiger partial charge < -0.3 is 5.32 Å².